The third-order valence-electron chi connectivity index (χ3n) is 4.78. The highest BCUT2D eigenvalue weighted by Crippen LogP contribution is 2.38. The smallest absolute Gasteiger partial charge is 0.246 e. The zero-order valence-electron chi connectivity index (χ0n) is 15.3. The van der Waals surface area contributed by atoms with Crippen molar-refractivity contribution in [1.82, 2.24) is 19.4 Å². The summed E-state index contributed by atoms with van der Waals surface area (Å²) in [6.07, 6.45) is 1.87. The number of fused-ring (bicyclic) bond motifs is 1. The van der Waals surface area contributed by atoms with E-state index in [-0.39, 0.29) is 23.4 Å². The van der Waals surface area contributed by atoms with Crippen molar-refractivity contribution in [2.45, 2.75) is 37.3 Å². The first-order chi connectivity index (χ1) is 12.9. The molecule has 2 aromatic heterocycles. The Labute approximate surface area is 157 Å². The van der Waals surface area contributed by atoms with E-state index in [1.54, 1.807) is 32.4 Å². The van der Waals surface area contributed by atoms with Crippen molar-refractivity contribution < 1.29 is 17.7 Å². The van der Waals surface area contributed by atoms with Gasteiger partial charge in [0.1, 0.15) is 10.9 Å². The molecule has 0 aliphatic carbocycles. The summed E-state index contributed by atoms with van der Waals surface area (Å²) in [5.74, 6) is 0.741. The molecular formula is C18H20N4O4S. The fraction of sp³-hybridized carbons (Fsp3) is 0.389. The monoisotopic (exact) mass is 388 g/mol. The molecule has 0 unspecified atom stereocenters. The summed E-state index contributed by atoms with van der Waals surface area (Å²) in [7, 11) is -2.28. The fourth-order valence-corrected chi connectivity index (χ4v) is 5.25. The zero-order valence-corrected chi connectivity index (χ0v) is 16.1. The van der Waals surface area contributed by atoms with Gasteiger partial charge in [-0.05, 0) is 31.5 Å². The van der Waals surface area contributed by atoms with Crippen molar-refractivity contribution in [3.8, 4) is 0 Å². The van der Waals surface area contributed by atoms with Gasteiger partial charge in [-0.1, -0.05) is 17.3 Å². The van der Waals surface area contributed by atoms with Gasteiger partial charge in [0.05, 0.1) is 11.6 Å². The Kier molecular flexibility index (Phi) is 4.45. The third kappa shape index (κ3) is 3.11. The van der Waals surface area contributed by atoms with E-state index < -0.39 is 16.1 Å². The normalized spacial score (nSPS) is 21.1. The van der Waals surface area contributed by atoms with E-state index in [1.165, 1.54) is 4.31 Å². The van der Waals surface area contributed by atoms with Crippen molar-refractivity contribution in [3.63, 3.8) is 0 Å². The molecule has 3 aromatic rings. The van der Waals surface area contributed by atoms with Crippen molar-refractivity contribution in [3.05, 3.63) is 47.7 Å². The minimum Gasteiger partial charge on any atom is -0.380 e. The van der Waals surface area contributed by atoms with Crippen LogP contribution in [-0.4, -0.2) is 47.6 Å². The Hall–Kier alpha value is -2.36. The number of nitrogens with zero attached hydrogens (tertiary/aromatic N) is 4. The van der Waals surface area contributed by atoms with E-state index in [2.05, 4.69) is 15.1 Å². The second-order valence-corrected chi connectivity index (χ2v) is 8.56. The Bertz CT molecular complexity index is 1100. The summed E-state index contributed by atoms with van der Waals surface area (Å²) in [5, 5.41) is 4.58. The lowest BCUT2D eigenvalue weighted by Crippen LogP contribution is -2.32. The van der Waals surface area contributed by atoms with Crippen molar-refractivity contribution >= 4 is 20.9 Å². The molecule has 1 aromatic carbocycles. The van der Waals surface area contributed by atoms with Crippen molar-refractivity contribution in [1.29, 1.82) is 0 Å². The van der Waals surface area contributed by atoms with E-state index >= 15 is 0 Å². The first kappa shape index (κ1) is 18.0. The van der Waals surface area contributed by atoms with Crippen LogP contribution in [0.15, 0.2) is 39.9 Å². The van der Waals surface area contributed by atoms with Gasteiger partial charge in [0.2, 0.25) is 15.9 Å². The minimum absolute atomic E-state index is 0.165. The first-order valence-corrected chi connectivity index (χ1v) is 10.0. The molecule has 2 atom stereocenters. The topological polar surface area (TPSA) is 98.4 Å². The number of methoxy groups -OCH3 is 1. The highest BCUT2D eigenvalue weighted by molar-refractivity contribution is 7.89. The third-order valence-corrected chi connectivity index (χ3v) is 6.68. The van der Waals surface area contributed by atoms with Gasteiger partial charge < -0.3 is 9.26 Å². The molecule has 1 aliphatic heterocycles. The summed E-state index contributed by atoms with van der Waals surface area (Å²) >= 11 is 0. The standard InChI is InChI=1S/C18H20N4O4S/c1-11-7-13-5-4-6-16(17(13)19-9-11)27(23,24)22-10-14(25-3)8-15(22)18-20-12(2)21-26-18/h4-7,9,14-15H,8,10H2,1-3H3/t14-,15+/m0/s1. The average molecular weight is 388 g/mol. The number of hydrogen-bond donors (Lipinski definition) is 0. The van der Waals surface area contributed by atoms with E-state index in [4.69, 9.17) is 9.26 Å². The second-order valence-electron chi connectivity index (χ2n) is 6.70. The summed E-state index contributed by atoms with van der Waals surface area (Å²) in [4.78, 5) is 8.77. The highest BCUT2D eigenvalue weighted by Gasteiger charge is 2.44. The van der Waals surface area contributed by atoms with Crippen LogP contribution >= 0.6 is 0 Å². The van der Waals surface area contributed by atoms with Gasteiger partial charge in [-0.2, -0.15) is 9.29 Å². The molecule has 3 heterocycles. The van der Waals surface area contributed by atoms with E-state index in [1.807, 2.05) is 19.1 Å². The lowest BCUT2D eigenvalue weighted by molar-refractivity contribution is 0.114. The molecule has 8 nitrogen and oxygen atoms in total. The van der Waals surface area contributed by atoms with Crippen LogP contribution in [-0.2, 0) is 14.8 Å². The zero-order chi connectivity index (χ0) is 19.2. The Morgan fingerprint density at radius 2 is 2.11 bits per heavy atom. The number of hydrogen-bond acceptors (Lipinski definition) is 7. The molecule has 1 fully saturated rings. The van der Waals surface area contributed by atoms with Gasteiger partial charge in [-0.25, -0.2) is 8.42 Å². The summed E-state index contributed by atoms with van der Waals surface area (Å²) in [6, 6.07) is 6.52. The molecule has 0 radical (unpaired) electrons. The van der Waals surface area contributed by atoms with Crippen LogP contribution in [0.2, 0.25) is 0 Å². The van der Waals surface area contributed by atoms with E-state index in [0.29, 0.717) is 17.8 Å². The number of pyridine rings is 1. The Morgan fingerprint density at radius 3 is 2.81 bits per heavy atom. The molecule has 0 amide bonds. The molecule has 142 valence electrons. The van der Waals surface area contributed by atoms with Crippen molar-refractivity contribution in [2.75, 3.05) is 13.7 Å². The van der Waals surface area contributed by atoms with E-state index in [9.17, 15) is 8.42 Å². The van der Waals surface area contributed by atoms with Crippen LogP contribution in [0.4, 0.5) is 0 Å². The largest absolute Gasteiger partial charge is 0.380 e. The Balaban J connectivity index is 1.82. The first-order valence-electron chi connectivity index (χ1n) is 8.60. The van der Waals surface area contributed by atoms with Crippen LogP contribution in [0.1, 0.15) is 29.7 Å². The molecule has 0 saturated carbocycles. The molecule has 1 saturated heterocycles. The SMILES string of the molecule is CO[C@H]1C[C@H](c2nc(C)no2)N(S(=O)(=O)c2cccc3cc(C)cnc23)C1. The molecule has 27 heavy (non-hydrogen) atoms. The maximum absolute atomic E-state index is 13.5. The molecule has 0 N–H and O–H groups in total. The van der Waals surface area contributed by atoms with Crippen LogP contribution in [0.5, 0.6) is 0 Å². The minimum atomic E-state index is -3.85. The summed E-state index contributed by atoms with van der Waals surface area (Å²) in [5.41, 5.74) is 1.42. The number of rotatable bonds is 4. The number of sulfonamides is 1. The lowest BCUT2D eigenvalue weighted by atomic mass is 10.2. The van der Waals surface area contributed by atoms with Crippen LogP contribution in [0.25, 0.3) is 10.9 Å². The van der Waals surface area contributed by atoms with Gasteiger partial charge in [0, 0.05) is 31.7 Å². The van der Waals surface area contributed by atoms with Crippen molar-refractivity contribution in [2.24, 2.45) is 0 Å². The molecule has 9 heteroatoms. The molecule has 1 aliphatic rings. The molecule has 0 spiro atoms. The molecule has 0 bridgehead atoms. The average Bonchev–Trinajstić information content (AvgIpc) is 3.27. The number of para-hydroxylation sites is 1. The quantitative estimate of drug-likeness (QED) is 0.677. The Morgan fingerprint density at radius 1 is 1.30 bits per heavy atom. The number of benzene rings is 1. The fourth-order valence-electron chi connectivity index (χ4n) is 3.46. The van der Waals surface area contributed by atoms with Crippen LogP contribution in [0, 0.1) is 13.8 Å². The lowest BCUT2D eigenvalue weighted by Gasteiger charge is -2.21. The second kappa shape index (κ2) is 6.66. The molecular weight excluding hydrogens is 368 g/mol. The van der Waals surface area contributed by atoms with E-state index in [0.717, 1.165) is 10.9 Å². The number of aryl methyl sites for hydroxylation is 2. The molecule has 4 rings (SSSR count). The van der Waals surface area contributed by atoms with Crippen LogP contribution in [0.3, 0.4) is 0 Å². The maximum atomic E-state index is 13.5. The van der Waals surface area contributed by atoms with Crippen LogP contribution < -0.4 is 0 Å². The predicted octanol–water partition coefficient (Wildman–Crippen LogP) is 2.39. The number of aromatic nitrogens is 3. The summed E-state index contributed by atoms with van der Waals surface area (Å²) in [6.45, 7) is 3.84. The summed E-state index contributed by atoms with van der Waals surface area (Å²) < 4.78 is 39.1. The number of ether oxygens (including phenoxy) is 1. The van der Waals surface area contributed by atoms with Gasteiger partial charge in [0.25, 0.3) is 0 Å². The van der Waals surface area contributed by atoms with Gasteiger partial charge in [0.15, 0.2) is 5.82 Å². The van der Waals surface area contributed by atoms with Gasteiger partial charge in [-0.15, -0.1) is 0 Å². The predicted molar refractivity (Wildman–Crippen MR) is 97.6 cm³/mol. The van der Waals surface area contributed by atoms with Gasteiger partial charge in [-0.3, -0.25) is 4.98 Å². The highest BCUT2D eigenvalue weighted by atomic mass is 32.2. The maximum Gasteiger partial charge on any atom is 0.246 e. The van der Waals surface area contributed by atoms with Gasteiger partial charge >= 0.3 is 0 Å².